The topological polar surface area (TPSA) is 37.6 Å². The molecule has 7 aromatic carbocycles. The van der Waals surface area contributed by atoms with E-state index in [1.165, 1.54) is 32.7 Å². The zero-order chi connectivity index (χ0) is 34.4. The molecule has 8 rings (SSSR count). The van der Waals surface area contributed by atoms with Gasteiger partial charge in [0, 0.05) is 23.5 Å². The fraction of sp³-hybridized carbons (Fsp3) is 0.0208. The number of rotatable bonds is 9. The third-order valence-electron chi connectivity index (χ3n) is 9.35. The first-order valence-corrected chi connectivity index (χ1v) is 17.1. The van der Waals surface area contributed by atoms with Crippen LogP contribution in [-0.2, 0) is 6.54 Å². The number of fused-ring (bicyclic) bond motifs is 3. The Morgan fingerprint density at radius 2 is 1.20 bits per heavy atom. The summed E-state index contributed by atoms with van der Waals surface area (Å²) in [6.07, 6.45) is 5.71. The molecule has 0 fully saturated rings. The van der Waals surface area contributed by atoms with E-state index in [-0.39, 0.29) is 0 Å². The second-order valence-electron chi connectivity index (χ2n) is 12.5. The summed E-state index contributed by atoms with van der Waals surface area (Å²) in [5.41, 5.74) is 11.6. The van der Waals surface area contributed by atoms with Crippen LogP contribution < -0.4 is 0 Å². The van der Waals surface area contributed by atoms with Gasteiger partial charge in [-0.2, -0.15) is 0 Å². The van der Waals surface area contributed by atoms with Crippen molar-refractivity contribution in [3.63, 3.8) is 0 Å². The monoisotopic (exact) mass is 653 g/mol. The van der Waals surface area contributed by atoms with Gasteiger partial charge in [-0.1, -0.05) is 152 Å². The number of hydrogen-bond donors (Lipinski definition) is 0. The predicted octanol–water partition coefficient (Wildman–Crippen LogP) is 12.1. The van der Waals surface area contributed by atoms with Gasteiger partial charge >= 0.3 is 0 Å². The zero-order valence-electron chi connectivity index (χ0n) is 28.2. The number of benzene rings is 7. The van der Waals surface area contributed by atoms with Crippen molar-refractivity contribution in [3.05, 3.63) is 205 Å². The molecule has 0 amide bonds. The summed E-state index contributed by atoms with van der Waals surface area (Å²) in [5, 5.41) is 5.04. The van der Waals surface area contributed by atoms with Crippen LogP contribution in [0.3, 0.4) is 0 Å². The average Bonchev–Trinajstić information content (AvgIpc) is 3.22. The van der Waals surface area contributed by atoms with Crippen molar-refractivity contribution in [1.82, 2.24) is 4.98 Å². The fourth-order valence-corrected chi connectivity index (χ4v) is 6.68. The minimum Gasteiger partial charge on any atom is -0.280 e. The van der Waals surface area contributed by atoms with E-state index in [2.05, 4.69) is 174 Å². The minimum atomic E-state index is 0.518. The Hall–Kier alpha value is -6.71. The number of aromatic nitrogens is 1. The zero-order valence-corrected chi connectivity index (χ0v) is 28.2. The van der Waals surface area contributed by atoms with Crippen molar-refractivity contribution in [2.75, 3.05) is 0 Å². The van der Waals surface area contributed by atoms with E-state index in [4.69, 9.17) is 4.99 Å². The highest BCUT2D eigenvalue weighted by Crippen LogP contribution is 2.35. The van der Waals surface area contributed by atoms with E-state index >= 15 is 0 Å². The molecule has 0 N–H and O–H groups in total. The first-order valence-electron chi connectivity index (χ1n) is 17.1. The van der Waals surface area contributed by atoms with E-state index in [1.807, 2.05) is 24.4 Å². The third kappa shape index (κ3) is 6.79. The highest BCUT2D eigenvalue weighted by Gasteiger charge is 2.11. The summed E-state index contributed by atoms with van der Waals surface area (Å²) in [6, 6.07) is 59.7. The molecule has 0 saturated carbocycles. The predicted molar refractivity (Wildman–Crippen MR) is 216 cm³/mol. The normalized spacial score (nSPS) is 11.9. The van der Waals surface area contributed by atoms with Gasteiger partial charge in [0.15, 0.2) is 0 Å². The summed E-state index contributed by atoms with van der Waals surface area (Å²) < 4.78 is 0. The Morgan fingerprint density at radius 3 is 1.96 bits per heavy atom. The number of aliphatic imine (C=N–C) groups is 2. The maximum Gasteiger partial charge on any atom is 0.0716 e. The molecule has 1 aromatic heterocycles. The number of pyridine rings is 1. The molecular weight excluding hydrogens is 619 g/mol. The van der Waals surface area contributed by atoms with Crippen LogP contribution >= 0.6 is 0 Å². The average molecular weight is 654 g/mol. The van der Waals surface area contributed by atoms with Crippen LogP contribution in [0.25, 0.3) is 60.6 Å². The van der Waals surface area contributed by atoms with Gasteiger partial charge in [-0.3, -0.25) is 15.0 Å². The SMILES string of the molecule is C=N/C(=C\C(=N/Cc1ccc(-c2cc3ccccc3c3ccccc23)cc1)c1cccc(-c2ccccc2)c1)c1ccc(-c2cccnc2)cc1. The Labute approximate surface area is 298 Å². The Kier molecular flexibility index (Phi) is 8.92. The van der Waals surface area contributed by atoms with Gasteiger partial charge < -0.3 is 0 Å². The lowest BCUT2D eigenvalue weighted by molar-refractivity contribution is 1.07. The standard InChI is InChI=1S/C48H35N3/c1-49-47(38-26-24-36(25-27-38)42-16-10-28-50-33-42)31-48(41-15-9-14-39(29-41)35-11-3-2-4-12-35)51-32-34-20-22-37(23-21-34)46-30-40-13-5-6-17-43(40)44-18-7-8-19-45(44)46/h2-31,33H,1,32H2/b47-31-,51-48+. The Balaban J connectivity index is 1.15. The molecule has 8 aromatic rings. The van der Waals surface area contributed by atoms with Crippen molar-refractivity contribution >= 4 is 39.7 Å². The smallest absolute Gasteiger partial charge is 0.0716 e. The molecule has 0 spiro atoms. The maximum atomic E-state index is 5.21. The van der Waals surface area contributed by atoms with E-state index in [9.17, 15) is 0 Å². The van der Waals surface area contributed by atoms with Crippen LogP contribution in [-0.4, -0.2) is 17.4 Å². The van der Waals surface area contributed by atoms with Gasteiger partial charge in [0.05, 0.1) is 18.0 Å². The second kappa shape index (κ2) is 14.4. The van der Waals surface area contributed by atoms with Crippen LogP contribution in [0.5, 0.6) is 0 Å². The third-order valence-corrected chi connectivity index (χ3v) is 9.35. The molecule has 0 unspecified atom stereocenters. The van der Waals surface area contributed by atoms with Gasteiger partial charge in [-0.15, -0.1) is 0 Å². The molecular formula is C48H35N3. The van der Waals surface area contributed by atoms with Crippen molar-refractivity contribution in [3.8, 4) is 33.4 Å². The van der Waals surface area contributed by atoms with Crippen LogP contribution in [0.2, 0.25) is 0 Å². The molecule has 3 nitrogen and oxygen atoms in total. The molecule has 0 aliphatic rings. The lowest BCUT2D eigenvalue weighted by Crippen LogP contribution is -2.00. The van der Waals surface area contributed by atoms with Crippen molar-refractivity contribution in [1.29, 1.82) is 0 Å². The second-order valence-corrected chi connectivity index (χ2v) is 12.5. The van der Waals surface area contributed by atoms with E-state index in [1.54, 1.807) is 6.20 Å². The Morgan fingerprint density at radius 1 is 0.529 bits per heavy atom. The number of nitrogens with zero attached hydrogens (tertiary/aromatic N) is 3. The molecule has 0 aliphatic carbocycles. The summed E-state index contributed by atoms with van der Waals surface area (Å²) in [5.74, 6) is 0. The van der Waals surface area contributed by atoms with E-state index < -0.39 is 0 Å². The Bertz CT molecular complexity index is 2530. The molecule has 242 valence electrons. The molecule has 1 heterocycles. The first-order chi connectivity index (χ1) is 25.2. The van der Waals surface area contributed by atoms with Gasteiger partial charge in [-0.25, -0.2) is 0 Å². The van der Waals surface area contributed by atoms with Crippen LogP contribution in [0, 0.1) is 0 Å². The summed E-state index contributed by atoms with van der Waals surface area (Å²) >= 11 is 0. The number of allylic oxidation sites excluding steroid dienone is 1. The highest BCUT2D eigenvalue weighted by molar-refractivity contribution is 6.14. The molecule has 0 radical (unpaired) electrons. The van der Waals surface area contributed by atoms with E-state index in [0.717, 1.165) is 50.4 Å². The summed E-state index contributed by atoms with van der Waals surface area (Å²) in [7, 11) is 0. The van der Waals surface area contributed by atoms with Gasteiger partial charge in [0.1, 0.15) is 0 Å². The largest absolute Gasteiger partial charge is 0.280 e. The molecule has 0 atom stereocenters. The van der Waals surface area contributed by atoms with Crippen LogP contribution in [0.15, 0.2) is 198 Å². The molecule has 0 saturated heterocycles. The van der Waals surface area contributed by atoms with Gasteiger partial charge in [0.2, 0.25) is 0 Å². The molecule has 0 bridgehead atoms. The van der Waals surface area contributed by atoms with E-state index in [0.29, 0.717) is 6.54 Å². The molecule has 0 aliphatic heterocycles. The van der Waals surface area contributed by atoms with Crippen molar-refractivity contribution in [2.24, 2.45) is 9.98 Å². The quantitative estimate of drug-likeness (QED) is 0.113. The lowest BCUT2D eigenvalue weighted by atomic mass is 9.93. The van der Waals surface area contributed by atoms with Crippen molar-refractivity contribution < 1.29 is 0 Å². The van der Waals surface area contributed by atoms with Gasteiger partial charge in [0.25, 0.3) is 0 Å². The summed E-state index contributed by atoms with van der Waals surface area (Å²) in [6.45, 7) is 4.46. The van der Waals surface area contributed by atoms with Crippen molar-refractivity contribution in [2.45, 2.75) is 6.54 Å². The minimum absolute atomic E-state index is 0.518. The lowest BCUT2D eigenvalue weighted by Gasteiger charge is -2.12. The fourth-order valence-electron chi connectivity index (χ4n) is 6.68. The maximum absolute atomic E-state index is 5.21. The number of hydrogen-bond acceptors (Lipinski definition) is 3. The summed E-state index contributed by atoms with van der Waals surface area (Å²) in [4.78, 5) is 14.0. The molecule has 3 heteroatoms. The van der Waals surface area contributed by atoms with Crippen LogP contribution in [0.1, 0.15) is 16.7 Å². The van der Waals surface area contributed by atoms with Crippen LogP contribution in [0.4, 0.5) is 0 Å². The van der Waals surface area contributed by atoms with Gasteiger partial charge in [-0.05, 0) is 91.5 Å². The molecule has 51 heavy (non-hydrogen) atoms. The highest BCUT2D eigenvalue weighted by atomic mass is 14.8. The first kappa shape index (κ1) is 31.6.